The monoisotopic (exact) mass is 440 g/mol. The van der Waals surface area contributed by atoms with Gasteiger partial charge in [0.25, 0.3) is 0 Å². The van der Waals surface area contributed by atoms with E-state index in [-0.39, 0.29) is 6.61 Å². The Morgan fingerprint density at radius 2 is 1.91 bits per heavy atom. The summed E-state index contributed by atoms with van der Waals surface area (Å²) < 4.78 is 12.6. The molecule has 3 rings (SSSR count). The van der Waals surface area contributed by atoms with Gasteiger partial charge in [-0.15, -0.1) is 0 Å². The van der Waals surface area contributed by atoms with Crippen LogP contribution in [0.4, 0.5) is 10.6 Å². The van der Waals surface area contributed by atoms with E-state index in [4.69, 9.17) is 15.2 Å². The molecule has 3 N–H and O–H groups in total. The summed E-state index contributed by atoms with van der Waals surface area (Å²) >= 11 is 0. The second-order valence-electron chi connectivity index (χ2n) is 8.30. The van der Waals surface area contributed by atoms with Crippen LogP contribution in [-0.2, 0) is 27.4 Å². The van der Waals surface area contributed by atoms with E-state index >= 15 is 0 Å². The van der Waals surface area contributed by atoms with Gasteiger partial charge in [0, 0.05) is 6.54 Å². The number of ether oxygens (including phenoxy) is 2. The Labute approximate surface area is 186 Å². The van der Waals surface area contributed by atoms with Gasteiger partial charge in [-0.05, 0) is 39.2 Å². The standard InChI is InChI=1S/C22H28N6O4/c1-22(2,3)32-21(30)27-16(20(29)31-12-15-8-5-4-6-9-15)10-7-11-28-14-26-17-18(23)24-13-25-19(17)28/h4-6,8-9,13-14,16H,7,10-12H2,1-3H3,(H,27,30)(H2,23,24,25)/t16-/m1/s1. The van der Waals surface area contributed by atoms with Gasteiger partial charge in [-0.2, -0.15) is 0 Å². The largest absolute Gasteiger partial charge is 0.459 e. The summed E-state index contributed by atoms with van der Waals surface area (Å²) in [5.41, 5.74) is 7.14. The zero-order chi connectivity index (χ0) is 23.1. The number of alkyl carbamates (subject to hydrolysis) is 1. The predicted molar refractivity (Wildman–Crippen MR) is 118 cm³/mol. The maximum absolute atomic E-state index is 12.7. The van der Waals surface area contributed by atoms with Crippen LogP contribution >= 0.6 is 0 Å². The van der Waals surface area contributed by atoms with Crippen molar-refractivity contribution in [3.63, 3.8) is 0 Å². The summed E-state index contributed by atoms with van der Waals surface area (Å²) in [6, 6.07) is 8.48. The molecule has 0 aliphatic carbocycles. The summed E-state index contributed by atoms with van der Waals surface area (Å²) in [7, 11) is 0. The fourth-order valence-corrected chi connectivity index (χ4v) is 3.06. The van der Waals surface area contributed by atoms with E-state index in [0.29, 0.717) is 36.4 Å². The normalized spacial score (nSPS) is 12.3. The molecule has 32 heavy (non-hydrogen) atoms. The lowest BCUT2D eigenvalue weighted by molar-refractivity contribution is -0.147. The Hall–Kier alpha value is -3.69. The molecule has 0 spiro atoms. The summed E-state index contributed by atoms with van der Waals surface area (Å²) in [6.45, 7) is 5.91. The molecule has 0 saturated carbocycles. The number of nitrogen functional groups attached to an aromatic ring is 1. The quantitative estimate of drug-likeness (QED) is 0.511. The molecule has 2 aromatic heterocycles. The second-order valence-corrected chi connectivity index (χ2v) is 8.30. The average molecular weight is 441 g/mol. The highest BCUT2D eigenvalue weighted by atomic mass is 16.6. The number of nitrogens with two attached hydrogens (primary N) is 1. The molecule has 3 aromatic rings. The van der Waals surface area contributed by atoms with Crippen molar-refractivity contribution in [1.82, 2.24) is 24.8 Å². The summed E-state index contributed by atoms with van der Waals surface area (Å²) in [6.07, 6.45) is 3.22. The number of anilines is 1. The predicted octanol–water partition coefficient (Wildman–Crippen LogP) is 2.83. The Kier molecular flexibility index (Phi) is 7.24. The lowest BCUT2D eigenvalue weighted by Gasteiger charge is -2.23. The Morgan fingerprint density at radius 1 is 1.16 bits per heavy atom. The zero-order valence-electron chi connectivity index (χ0n) is 18.4. The number of aromatic nitrogens is 4. The molecule has 0 bridgehead atoms. The Balaban J connectivity index is 1.63. The van der Waals surface area contributed by atoms with Gasteiger partial charge >= 0.3 is 12.1 Å². The number of nitrogens with one attached hydrogen (secondary N) is 1. The van der Waals surface area contributed by atoms with Crippen molar-refractivity contribution in [3.05, 3.63) is 48.5 Å². The number of aryl methyl sites for hydroxylation is 1. The first-order valence-electron chi connectivity index (χ1n) is 10.3. The van der Waals surface area contributed by atoms with Crippen molar-refractivity contribution < 1.29 is 19.1 Å². The van der Waals surface area contributed by atoms with Crippen molar-refractivity contribution in [2.45, 2.75) is 58.4 Å². The van der Waals surface area contributed by atoms with E-state index in [2.05, 4.69) is 20.3 Å². The lowest BCUT2D eigenvalue weighted by Crippen LogP contribution is -2.44. The minimum atomic E-state index is -0.858. The summed E-state index contributed by atoms with van der Waals surface area (Å²) in [5, 5.41) is 2.63. The highest BCUT2D eigenvalue weighted by Crippen LogP contribution is 2.16. The Morgan fingerprint density at radius 3 is 2.62 bits per heavy atom. The molecule has 10 nitrogen and oxygen atoms in total. The van der Waals surface area contributed by atoms with Crippen molar-refractivity contribution in [3.8, 4) is 0 Å². The van der Waals surface area contributed by atoms with Crippen LogP contribution in [0.1, 0.15) is 39.2 Å². The molecule has 0 aliphatic heterocycles. The molecule has 1 aromatic carbocycles. The highest BCUT2D eigenvalue weighted by Gasteiger charge is 2.25. The van der Waals surface area contributed by atoms with Crippen LogP contribution in [0.3, 0.4) is 0 Å². The maximum atomic E-state index is 12.7. The molecule has 1 amide bonds. The number of hydrogen-bond donors (Lipinski definition) is 2. The van der Waals surface area contributed by atoms with E-state index in [1.165, 1.54) is 6.33 Å². The van der Waals surface area contributed by atoms with Crippen LogP contribution in [0.25, 0.3) is 11.2 Å². The van der Waals surface area contributed by atoms with Crippen molar-refractivity contribution >= 4 is 29.0 Å². The van der Waals surface area contributed by atoms with Gasteiger partial charge in [0.15, 0.2) is 11.5 Å². The van der Waals surface area contributed by atoms with Crippen LogP contribution in [0.15, 0.2) is 43.0 Å². The molecule has 0 saturated heterocycles. The minimum absolute atomic E-state index is 0.120. The van der Waals surface area contributed by atoms with Crippen LogP contribution in [0.2, 0.25) is 0 Å². The van der Waals surface area contributed by atoms with Crippen molar-refractivity contribution in [1.29, 1.82) is 0 Å². The third-order valence-corrected chi connectivity index (χ3v) is 4.52. The third-order valence-electron chi connectivity index (χ3n) is 4.52. The van der Waals surface area contributed by atoms with E-state index in [1.54, 1.807) is 27.1 Å². The topological polar surface area (TPSA) is 134 Å². The first-order chi connectivity index (χ1) is 15.2. The van der Waals surface area contributed by atoms with Gasteiger partial charge in [0.1, 0.15) is 30.1 Å². The molecule has 2 heterocycles. The van der Waals surface area contributed by atoms with Crippen molar-refractivity contribution in [2.24, 2.45) is 0 Å². The van der Waals surface area contributed by atoms with Crippen molar-refractivity contribution in [2.75, 3.05) is 5.73 Å². The zero-order valence-corrected chi connectivity index (χ0v) is 18.4. The molecule has 0 unspecified atom stereocenters. The number of rotatable bonds is 8. The van der Waals surface area contributed by atoms with Gasteiger partial charge in [0.05, 0.1) is 6.33 Å². The van der Waals surface area contributed by atoms with Crippen LogP contribution in [0, 0.1) is 0 Å². The molecular formula is C22H28N6O4. The van der Waals surface area contributed by atoms with E-state index in [1.807, 2.05) is 34.9 Å². The van der Waals surface area contributed by atoms with Crippen LogP contribution in [0.5, 0.6) is 0 Å². The fourth-order valence-electron chi connectivity index (χ4n) is 3.06. The number of hydrogen-bond acceptors (Lipinski definition) is 8. The van der Waals surface area contributed by atoms with Gasteiger partial charge < -0.3 is 25.1 Å². The Bertz CT molecular complexity index is 1060. The molecule has 10 heteroatoms. The number of fused-ring (bicyclic) bond motifs is 1. The molecule has 0 radical (unpaired) electrons. The molecular weight excluding hydrogens is 412 g/mol. The van der Waals surface area contributed by atoms with Gasteiger partial charge in [-0.25, -0.2) is 24.5 Å². The number of carbonyl (C=O) groups is 2. The smallest absolute Gasteiger partial charge is 0.408 e. The second kappa shape index (κ2) is 10.1. The number of imidazole rings is 1. The fraction of sp³-hybridized carbons (Fsp3) is 0.409. The van der Waals surface area contributed by atoms with Crippen LogP contribution < -0.4 is 11.1 Å². The van der Waals surface area contributed by atoms with Crippen LogP contribution in [-0.4, -0.2) is 43.2 Å². The minimum Gasteiger partial charge on any atom is -0.459 e. The third kappa shape index (κ3) is 6.40. The van der Waals surface area contributed by atoms with E-state index in [0.717, 1.165) is 5.56 Å². The first-order valence-corrected chi connectivity index (χ1v) is 10.3. The van der Waals surface area contributed by atoms with E-state index in [9.17, 15) is 9.59 Å². The van der Waals surface area contributed by atoms with Gasteiger partial charge in [-0.3, -0.25) is 0 Å². The SMILES string of the molecule is CC(C)(C)OC(=O)N[C@H](CCCn1cnc2c(N)ncnc21)C(=O)OCc1ccccc1. The number of benzene rings is 1. The van der Waals surface area contributed by atoms with E-state index < -0.39 is 23.7 Å². The molecule has 0 fully saturated rings. The summed E-state index contributed by atoms with van der Waals surface area (Å²) in [5.74, 6) is -0.218. The number of amides is 1. The number of carbonyl (C=O) groups excluding carboxylic acids is 2. The molecule has 1 atom stereocenters. The number of nitrogens with zero attached hydrogens (tertiary/aromatic N) is 4. The molecule has 0 aliphatic rings. The molecule has 170 valence electrons. The summed E-state index contributed by atoms with van der Waals surface area (Å²) in [4.78, 5) is 37.4. The van der Waals surface area contributed by atoms with Gasteiger partial charge in [-0.1, -0.05) is 30.3 Å². The average Bonchev–Trinajstić information content (AvgIpc) is 3.15. The highest BCUT2D eigenvalue weighted by molar-refractivity contribution is 5.82. The number of esters is 1. The van der Waals surface area contributed by atoms with Gasteiger partial charge in [0.2, 0.25) is 0 Å². The maximum Gasteiger partial charge on any atom is 0.408 e. The lowest BCUT2D eigenvalue weighted by atomic mass is 10.1. The first kappa shape index (κ1) is 23.0.